The summed E-state index contributed by atoms with van der Waals surface area (Å²) in [5, 5.41) is 5.20. The van der Waals surface area contributed by atoms with E-state index in [1.54, 1.807) is 11.3 Å². The molecular formula is C16H16BrNOS. The second kappa shape index (κ2) is 5.34. The molecule has 0 bridgehead atoms. The first-order valence-corrected chi connectivity index (χ1v) is 8.39. The van der Waals surface area contributed by atoms with Crippen molar-refractivity contribution in [2.45, 2.75) is 31.2 Å². The molecule has 3 rings (SSSR count). The maximum atomic E-state index is 12.6. The maximum absolute atomic E-state index is 12.6. The Bertz CT molecular complexity index is 602. The monoisotopic (exact) mass is 349 g/mol. The van der Waals surface area contributed by atoms with Crippen molar-refractivity contribution in [3.05, 3.63) is 56.7 Å². The van der Waals surface area contributed by atoms with E-state index in [0.29, 0.717) is 0 Å². The molecule has 0 unspecified atom stereocenters. The van der Waals surface area contributed by atoms with Gasteiger partial charge in [-0.1, -0.05) is 34.1 Å². The van der Waals surface area contributed by atoms with E-state index < -0.39 is 0 Å². The van der Waals surface area contributed by atoms with Gasteiger partial charge in [0, 0.05) is 9.35 Å². The molecule has 0 spiro atoms. The van der Waals surface area contributed by atoms with E-state index in [1.165, 1.54) is 4.88 Å². The third-order valence-electron chi connectivity index (χ3n) is 3.90. The number of rotatable bonds is 4. The number of hydrogen-bond acceptors (Lipinski definition) is 2. The minimum Gasteiger partial charge on any atom is -0.348 e. The highest BCUT2D eigenvalue weighted by molar-refractivity contribution is 9.10. The second-order valence-electron chi connectivity index (χ2n) is 5.30. The topological polar surface area (TPSA) is 29.1 Å². The van der Waals surface area contributed by atoms with Crippen molar-refractivity contribution >= 4 is 33.2 Å². The summed E-state index contributed by atoms with van der Waals surface area (Å²) in [6, 6.07) is 12.3. The molecule has 2 aromatic rings. The molecule has 4 heteroatoms. The molecule has 2 nitrogen and oxygen atoms in total. The average Bonchev–Trinajstić information content (AvgIpc) is 3.06. The van der Waals surface area contributed by atoms with Crippen LogP contribution < -0.4 is 5.32 Å². The van der Waals surface area contributed by atoms with Gasteiger partial charge < -0.3 is 5.32 Å². The van der Waals surface area contributed by atoms with Crippen molar-refractivity contribution in [3.63, 3.8) is 0 Å². The predicted octanol–water partition coefficient (Wildman–Crippen LogP) is 4.42. The Balaban J connectivity index is 1.75. The largest absolute Gasteiger partial charge is 0.348 e. The molecule has 1 heterocycles. The Hall–Kier alpha value is -1.13. The van der Waals surface area contributed by atoms with Crippen molar-refractivity contribution in [2.24, 2.45) is 0 Å². The summed E-state index contributed by atoms with van der Waals surface area (Å²) in [5.41, 5.74) is 0.822. The van der Waals surface area contributed by atoms with Gasteiger partial charge in [-0.15, -0.1) is 11.3 Å². The Morgan fingerprint density at radius 1 is 1.30 bits per heavy atom. The van der Waals surface area contributed by atoms with Crippen molar-refractivity contribution in [1.82, 2.24) is 5.32 Å². The molecule has 1 aliphatic carbocycles. The van der Waals surface area contributed by atoms with E-state index in [9.17, 15) is 4.79 Å². The smallest absolute Gasteiger partial charge is 0.231 e. The van der Waals surface area contributed by atoms with E-state index in [1.807, 2.05) is 42.6 Å². The molecule has 1 amide bonds. The van der Waals surface area contributed by atoms with Crippen LogP contribution in [0.4, 0.5) is 0 Å². The van der Waals surface area contributed by atoms with Crippen LogP contribution in [0.1, 0.15) is 36.2 Å². The van der Waals surface area contributed by atoms with Crippen LogP contribution in [0.15, 0.2) is 46.3 Å². The van der Waals surface area contributed by atoms with Gasteiger partial charge in [0.15, 0.2) is 0 Å². The standard InChI is InChI=1S/C16H16BrNOS/c1-11(14-3-2-10-20-14)18-15(19)16(8-9-16)12-4-6-13(17)7-5-12/h2-7,10-11H,8-9H2,1H3,(H,18,19)/t11-/m0/s1. The fraction of sp³-hybridized carbons (Fsp3) is 0.312. The van der Waals surface area contributed by atoms with Crippen LogP contribution in [0.5, 0.6) is 0 Å². The molecule has 1 atom stereocenters. The van der Waals surface area contributed by atoms with Crippen LogP contribution in [0.2, 0.25) is 0 Å². The Morgan fingerprint density at radius 3 is 2.55 bits per heavy atom. The first-order valence-electron chi connectivity index (χ1n) is 6.72. The molecule has 104 valence electrons. The highest BCUT2D eigenvalue weighted by Crippen LogP contribution is 2.49. The molecule has 0 radical (unpaired) electrons. The van der Waals surface area contributed by atoms with Gasteiger partial charge in [-0.05, 0) is 48.9 Å². The van der Waals surface area contributed by atoms with Crippen molar-refractivity contribution in [3.8, 4) is 0 Å². The minimum atomic E-state index is -0.299. The quantitative estimate of drug-likeness (QED) is 0.869. The van der Waals surface area contributed by atoms with Crippen LogP contribution in [-0.2, 0) is 10.2 Å². The normalized spacial score (nSPS) is 17.5. The van der Waals surface area contributed by atoms with Gasteiger partial charge in [0.2, 0.25) is 5.91 Å². The molecule has 20 heavy (non-hydrogen) atoms. The number of hydrogen-bond donors (Lipinski definition) is 1. The fourth-order valence-corrected chi connectivity index (χ4v) is 3.48. The molecule has 1 aliphatic rings. The first kappa shape index (κ1) is 13.8. The highest BCUT2D eigenvalue weighted by atomic mass is 79.9. The van der Waals surface area contributed by atoms with Crippen LogP contribution >= 0.6 is 27.3 Å². The lowest BCUT2D eigenvalue weighted by Gasteiger charge is -2.19. The average molecular weight is 350 g/mol. The fourth-order valence-electron chi connectivity index (χ4n) is 2.48. The van der Waals surface area contributed by atoms with E-state index in [-0.39, 0.29) is 17.4 Å². The highest BCUT2D eigenvalue weighted by Gasteiger charge is 2.51. The zero-order chi connectivity index (χ0) is 14.2. The number of amides is 1. The zero-order valence-corrected chi connectivity index (χ0v) is 13.6. The maximum Gasteiger partial charge on any atom is 0.231 e. The van der Waals surface area contributed by atoms with Crippen molar-refractivity contribution < 1.29 is 4.79 Å². The Morgan fingerprint density at radius 2 is 2.00 bits per heavy atom. The number of thiophene rings is 1. The van der Waals surface area contributed by atoms with Crippen LogP contribution in [-0.4, -0.2) is 5.91 Å². The SMILES string of the molecule is C[C@H](NC(=O)C1(c2ccc(Br)cc2)CC1)c1cccs1. The lowest BCUT2D eigenvalue weighted by atomic mass is 9.94. The number of carbonyl (C=O) groups is 1. The summed E-state index contributed by atoms with van der Waals surface area (Å²) < 4.78 is 1.05. The van der Waals surface area contributed by atoms with Gasteiger partial charge >= 0.3 is 0 Å². The number of carbonyl (C=O) groups excluding carboxylic acids is 1. The van der Waals surface area contributed by atoms with Gasteiger partial charge in [0.25, 0.3) is 0 Å². The van der Waals surface area contributed by atoms with Gasteiger partial charge in [0.1, 0.15) is 0 Å². The number of nitrogens with one attached hydrogen (secondary N) is 1. The molecule has 1 aromatic heterocycles. The van der Waals surface area contributed by atoms with E-state index in [0.717, 1.165) is 22.9 Å². The lowest BCUT2D eigenvalue weighted by Crippen LogP contribution is -2.36. The summed E-state index contributed by atoms with van der Waals surface area (Å²) in [6.45, 7) is 2.04. The second-order valence-corrected chi connectivity index (χ2v) is 7.19. The zero-order valence-electron chi connectivity index (χ0n) is 11.2. The van der Waals surface area contributed by atoms with Crippen LogP contribution in [0, 0.1) is 0 Å². The predicted molar refractivity (Wildman–Crippen MR) is 85.9 cm³/mol. The summed E-state index contributed by atoms with van der Waals surface area (Å²) in [5.74, 6) is 0.153. The molecule has 0 aliphatic heterocycles. The Labute approximate surface area is 131 Å². The summed E-state index contributed by atoms with van der Waals surface area (Å²) in [7, 11) is 0. The van der Waals surface area contributed by atoms with Crippen molar-refractivity contribution in [2.75, 3.05) is 0 Å². The molecular weight excluding hydrogens is 334 g/mol. The first-order chi connectivity index (χ1) is 9.62. The van der Waals surface area contributed by atoms with E-state index >= 15 is 0 Å². The van der Waals surface area contributed by atoms with Gasteiger partial charge in [0.05, 0.1) is 11.5 Å². The summed E-state index contributed by atoms with van der Waals surface area (Å²) >= 11 is 5.12. The van der Waals surface area contributed by atoms with Gasteiger partial charge in [-0.25, -0.2) is 0 Å². The molecule has 1 N–H and O–H groups in total. The molecule has 1 aromatic carbocycles. The number of halogens is 1. The van der Waals surface area contributed by atoms with E-state index in [4.69, 9.17) is 0 Å². The molecule has 1 fully saturated rings. The molecule has 0 saturated heterocycles. The summed E-state index contributed by atoms with van der Waals surface area (Å²) in [4.78, 5) is 13.8. The van der Waals surface area contributed by atoms with Gasteiger partial charge in [-0.2, -0.15) is 0 Å². The molecule has 1 saturated carbocycles. The van der Waals surface area contributed by atoms with Crippen LogP contribution in [0.25, 0.3) is 0 Å². The van der Waals surface area contributed by atoms with Gasteiger partial charge in [-0.3, -0.25) is 4.79 Å². The minimum absolute atomic E-state index is 0.0791. The third-order valence-corrected chi connectivity index (χ3v) is 5.48. The lowest BCUT2D eigenvalue weighted by molar-refractivity contribution is -0.124. The van der Waals surface area contributed by atoms with Crippen LogP contribution in [0.3, 0.4) is 0 Å². The van der Waals surface area contributed by atoms with E-state index in [2.05, 4.69) is 27.3 Å². The number of benzene rings is 1. The summed E-state index contributed by atoms with van der Waals surface area (Å²) in [6.07, 6.45) is 1.88. The third kappa shape index (κ3) is 2.54. The van der Waals surface area contributed by atoms with Crippen molar-refractivity contribution in [1.29, 1.82) is 0 Å². The Kier molecular flexibility index (Phi) is 3.69.